The van der Waals surface area contributed by atoms with Gasteiger partial charge in [0.05, 0.1) is 0 Å². The first-order valence-corrected chi connectivity index (χ1v) is 8.39. The van der Waals surface area contributed by atoms with E-state index < -0.39 is 0 Å². The SMILES string of the molecule is NCCN1CCNCCNCCNCCNCCNCC1. The molecule has 0 aromatic heterocycles. The summed E-state index contributed by atoms with van der Waals surface area (Å²) in [4.78, 5) is 2.42. The van der Waals surface area contributed by atoms with E-state index in [1.807, 2.05) is 0 Å². The van der Waals surface area contributed by atoms with Gasteiger partial charge < -0.3 is 32.3 Å². The molecule has 1 rings (SSSR count). The van der Waals surface area contributed by atoms with Gasteiger partial charge >= 0.3 is 0 Å². The van der Waals surface area contributed by atoms with Crippen molar-refractivity contribution >= 4 is 0 Å². The summed E-state index contributed by atoms with van der Waals surface area (Å²) in [7, 11) is 0. The molecule has 0 aromatic carbocycles. The summed E-state index contributed by atoms with van der Waals surface area (Å²) >= 11 is 0. The van der Waals surface area contributed by atoms with Gasteiger partial charge in [-0.2, -0.15) is 0 Å². The van der Waals surface area contributed by atoms with Crippen molar-refractivity contribution in [2.24, 2.45) is 5.73 Å². The lowest BCUT2D eigenvalue weighted by atomic mass is 10.4. The van der Waals surface area contributed by atoms with Gasteiger partial charge in [-0.15, -0.1) is 0 Å². The van der Waals surface area contributed by atoms with Crippen LogP contribution in [0.25, 0.3) is 0 Å². The Bertz CT molecular complexity index is 197. The largest absolute Gasteiger partial charge is 0.329 e. The maximum atomic E-state index is 5.68. The molecule has 21 heavy (non-hydrogen) atoms. The molecule has 0 bridgehead atoms. The highest BCUT2D eigenvalue weighted by atomic mass is 15.2. The van der Waals surface area contributed by atoms with E-state index in [-0.39, 0.29) is 0 Å². The van der Waals surface area contributed by atoms with E-state index in [1.165, 1.54) is 0 Å². The summed E-state index contributed by atoms with van der Waals surface area (Å²) in [6.45, 7) is 14.1. The summed E-state index contributed by atoms with van der Waals surface area (Å²) in [5, 5.41) is 17.3. The highest BCUT2D eigenvalue weighted by Gasteiger charge is 2.03. The molecule has 0 aliphatic carbocycles. The average Bonchev–Trinajstić information content (AvgIpc) is 2.49. The van der Waals surface area contributed by atoms with Gasteiger partial charge in [-0.3, -0.25) is 4.90 Å². The molecule has 1 heterocycles. The fourth-order valence-corrected chi connectivity index (χ4v) is 2.32. The van der Waals surface area contributed by atoms with Crippen molar-refractivity contribution in [2.75, 3.05) is 91.6 Å². The van der Waals surface area contributed by atoms with Crippen LogP contribution in [0.4, 0.5) is 0 Å². The first kappa shape index (κ1) is 18.8. The van der Waals surface area contributed by atoms with E-state index in [4.69, 9.17) is 5.73 Å². The van der Waals surface area contributed by atoms with Crippen molar-refractivity contribution in [3.05, 3.63) is 0 Å². The zero-order valence-electron chi connectivity index (χ0n) is 13.4. The number of nitrogens with one attached hydrogen (secondary N) is 5. The van der Waals surface area contributed by atoms with Crippen molar-refractivity contribution in [2.45, 2.75) is 0 Å². The van der Waals surface area contributed by atoms with Crippen molar-refractivity contribution in [1.29, 1.82) is 0 Å². The Morgan fingerprint density at radius 2 is 0.905 bits per heavy atom. The molecule has 126 valence electrons. The number of nitrogens with zero attached hydrogens (tertiary/aromatic N) is 1. The Labute approximate surface area is 129 Å². The number of nitrogens with two attached hydrogens (primary N) is 1. The molecule has 1 saturated heterocycles. The van der Waals surface area contributed by atoms with E-state index in [0.717, 1.165) is 91.6 Å². The minimum Gasteiger partial charge on any atom is -0.329 e. The quantitative estimate of drug-likeness (QED) is 0.329. The standard InChI is InChI=1S/C14H35N7/c15-1-12-21-13-10-19-8-6-17-4-2-16-3-5-18-7-9-20-11-14-21/h16-20H,1-15H2. The van der Waals surface area contributed by atoms with Gasteiger partial charge in [-0.25, -0.2) is 0 Å². The van der Waals surface area contributed by atoms with Crippen molar-refractivity contribution in [3.63, 3.8) is 0 Å². The molecule has 1 aliphatic heterocycles. The topological polar surface area (TPSA) is 89.4 Å². The van der Waals surface area contributed by atoms with Crippen LogP contribution in [0.1, 0.15) is 0 Å². The molecule has 1 aliphatic rings. The van der Waals surface area contributed by atoms with E-state index in [2.05, 4.69) is 31.5 Å². The lowest BCUT2D eigenvalue weighted by Gasteiger charge is -2.22. The number of hydrogen-bond donors (Lipinski definition) is 6. The zero-order chi connectivity index (χ0) is 15.0. The molecule has 0 unspecified atom stereocenters. The molecule has 1 fully saturated rings. The van der Waals surface area contributed by atoms with Crippen LogP contribution in [0.15, 0.2) is 0 Å². The molecule has 7 nitrogen and oxygen atoms in total. The molecule has 0 radical (unpaired) electrons. The van der Waals surface area contributed by atoms with Crippen LogP contribution in [0.2, 0.25) is 0 Å². The van der Waals surface area contributed by atoms with E-state index >= 15 is 0 Å². The predicted octanol–water partition coefficient (Wildman–Crippen LogP) is -2.79. The molecule has 0 aromatic rings. The van der Waals surface area contributed by atoms with Crippen LogP contribution in [0.5, 0.6) is 0 Å². The summed E-state index contributed by atoms with van der Waals surface area (Å²) in [6, 6.07) is 0. The molecular formula is C14H35N7. The fourth-order valence-electron chi connectivity index (χ4n) is 2.32. The van der Waals surface area contributed by atoms with Crippen molar-refractivity contribution in [1.82, 2.24) is 31.5 Å². The van der Waals surface area contributed by atoms with Crippen LogP contribution in [0.3, 0.4) is 0 Å². The van der Waals surface area contributed by atoms with Gasteiger partial charge in [0.2, 0.25) is 0 Å². The smallest absolute Gasteiger partial charge is 0.0108 e. The molecule has 0 saturated carbocycles. The van der Waals surface area contributed by atoms with Crippen LogP contribution >= 0.6 is 0 Å². The Balaban J connectivity index is 2.18. The van der Waals surface area contributed by atoms with Gasteiger partial charge in [-0.1, -0.05) is 0 Å². The molecule has 0 amide bonds. The van der Waals surface area contributed by atoms with Crippen LogP contribution < -0.4 is 32.3 Å². The highest BCUT2D eigenvalue weighted by Crippen LogP contribution is 1.84. The third-order valence-corrected chi connectivity index (χ3v) is 3.57. The Morgan fingerprint density at radius 1 is 0.571 bits per heavy atom. The minimum atomic E-state index is 0.732. The third-order valence-electron chi connectivity index (χ3n) is 3.57. The zero-order valence-corrected chi connectivity index (χ0v) is 13.4. The van der Waals surface area contributed by atoms with E-state index in [1.54, 1.807) is 0 Å². The lowest BCUT2D eigenvalue weighted by Crippen LogP contribution is -2.42. The van der Waals surface area contributed by atoms with E-state index in [9.17, 15) is 0 Å². The molecule has 0 atom stereocenters. The highest BCUT2D eigenvalue weighted by molar-refractivity contribution is 4.64. The summed E-state index contributed by atoms with van der Waals surface area (Å²) in [5.74, 6) is 0. The van der Waals surface area contributed by atoms with Gasteiger partial charge in [0.1, 0.15) is 0 Å². The maximum Gasteiger partial charge on any atom is 0.0108 e. The van der Waals surface area contributed by atoms with Crippen LogP contribution in [-0.2, 0) is 0 Å². The van der Waals surface area contributed by atoms with Crippen molar-refractivity contribution in [3.8, 4) is 0 Å². The second kappa shape index (κ2) is 14.6. The van der Waals surface area contributed by atoms with Gasteiger partial charge in [0.15, 0.2) is 0 Å². The normalized spacial score (nSPS) is 23.3. The second-order valence-corrected chi connectivity index (χ2v) is 5.38. The first-order chi connectivity index (χ1) is 10.4. The second-order valence-electron chi connectivity index (χ2n) is 5.38. The maximum absolute atomic E-state index is 5.68. The Morgan fingerprint density at radius 3 is 1.24 bits per heavy atom. The number of hydrogen-bond acceptors (Lipinski definition) is 7. The fraction of sp³-hybridized carbons (Fsp3) is 1.00. The van der Waals surface area contributed by atoms with Gasteiger partial charge in [0, 0.05) is 91.6 Å². The summed E-state index contributed by atoms with van der Waals surface area (Å²) in [6.07, 6.45) is 0. The van der Waals surface area contributed by atoms with E-state index in [0.29, 0.717) is 0 Å². The summed E-state index contributed by atoms with van der Waals surface area (Å²) in [5.41, 5.74) is 5.68. The van der Waals surface area contributed by atoms with Gasteiger partial charge in [-0.05, 0) is 0 Å². The Kier molecular flexibility index (Phi) is 13.1. The predicted molar refractivity (Wildman–Crippen MR) is 89.8 cm³/mol. The lowest BCUT2D eigenvalue weighted by molar-refractivity contribution is 0.279. The third kappa shape index (κ3) is 12.0. The first-order valence-electron chi connectivity index (χ1n) is 8.39. The summed E-state index contributed by atoms with van der Waals surface area (Å²) < 4.78 is 0. The number of rotatable bonds is 2. The average molecular weight is 301 g/mol. The molecule has 7 N–H and O–H groups in total. The molecular weight excluding hydrogens is 266 g/mol. The van der Waals surface area contributed by atoms with Crippen LogP contribution in [-0.4, -0.2) is 96.5 Å². The van der Waals surface area contributed by atoms with Gasteiger partial charge in [0.25, 0.3) is 0 Å². The van der Waals surface area contributed by atoms with Crippen LogP contribution in [0, 0.1) is 0 Å². The monoisotopic (exact) mass is 301 g/mol. The Hall–Kier alpha value is -0.280. The minimum absolute atomic E-state index is 0.732. The molecule has 7 heteroatoms. The molecule has 0 spiro atoms. The van der Waals surface area contributed by atoms with Crippen molar-refractivity contribution < 1.29 is 0 Å².